The highest BCUT2D eigenvalue weighted by Crippen LogP contribution is 2.21. The van der Waals surface area contributed by atoms with Crippen molar-refractivity contribution in [1.82, 2.24) is 25.1 Å². The second kappa shape index (κ2) is 7.84. The number of pyridine rings is 1. The molecule has 1 unspecified atom stereocenters. The molecule has 0 spiro atoms. The highest BCUT2D eigenvalue weighted by Gasteiger charge is 2.20. The molecule has 1 amide bonds. The second-order valence-corrected chi connectivity index (χ2v) is 6.35. The minimum Gasteiger partial charge on any atom is -0.343 e. The third kappa shape index (κ3) is 3.66. The van der Waals surface area contributed by atoms with Crippen molar-refractivity contribution in [2.24, 2.45) is 0 Å². The number of hydrogen-bond donors (Lipinski definition) is 1. The molecular weight excluding hydrogens is 350 g/mol. The average Bonchev–Trinajstić information content (AvgIpc) is 3.21. The lowest BCUT2D eigenvalue weighted by Gasteiger charge is -2.12. The smallest absolute Gasteiger partial charge is 0.291 e. The van der Waals surface area contributed by atoms with Crippen LogP contribution in [0.5, 0.6) is 0 Å². The number of amides is 1. The van der Waals surface area contributed by atoms with Crippen molar-refractivity contribution in [2.75, 3.05) is 0 Å². The molecule has 0 fully saturated rings. The normalized spacial score (nSPS) is 11.8. The quantitative estimate of drug-likeness (QED) is 0.580. The third-order valence-electron chi connectivity index (χ3n) is 4.40. The van der Waals surface area contributed by atoms with Crippen LogP contribution in [0.15, 0.2) is 85.2 Å². The van der Waals surface area contributed by atoms with Crippen molar-refractivity contribution >= 4 is 5.91 Å². The van der Waals surface area contributed by atoms with Crippen molar-refractivity contribution in [3.8, 4) is 17.1 Å². The van der Waals surface area contributed by atoms with E-state index in [1.165, 1.54) is 0 Å². The van der Waals surface area contributed by atoms with E-state index in [2.05, 4.69) is 20.4 Å². The molecule has 6 heteroatoms. The molecule has 1 N–H and O–H groups in total. The second-order valence-electron chi connectivity index (χ2n) is 6.35. The number of carbonyl (C=O) groups excluding carboxylic acids is 1. The van der Waals surface area contributed by atoms with E-state index in [4.69, 9.17) is 0 Å². The van der Waals surface area contributed by atoms with Crippen molar-refractivity contribution in [2.45, 2.75) is 13.0 Å². The van der Waals surface area contributed by atoms with Crippen molar-refractivity contribution in [3.63, 3.8) is 0 Å². The lowest BCUT2D eigenvalue weighted by atomic mass is 10.1. The Bertz CT molecular complexity index is 1010. The van der Waals surface area contributed by atoms with Gasteiger partial charge < -0.3 is 5.32 Å². The summed E-state index contributed by atoms with van der Waals surface area (Å²) in [4.78, 5) is 21.3. The monoisotopic (exact) mass is 369 g/mol. The van der Waals surface area contributed by atoms with Crippen molar-refractivity contribution in [1.29, 1.82) is 0 Å². The highest BCUT2D eigenvalue weighted by atomic mass is 16.2. The van der Waals surface area contributed by atoms with Gasteiger partial charge in [-0.3, -0.25) is 9.78 Å². The fraction of sp³-hybridized carbons (Fsp3) is 0.0909. The Balaban J connectivity index is 1.68. The van der Waals surface area contributed by atoms with Crippen molar-refractivity contribution < 1.29 is 4.79 Å². The summed E-state index contributed by atoms with van der Waals surface area (Å²) < 4.78 is 1.70. The van der Waals surface area contributed by atoms with Crippen LogP contribution in [0.1, 0.15) is 29.1 Å². The van der Waals surface area contributed by atoms with Crippen LogP contribution >= 0.6 is 0 Å². The summed E-state index contributed by atoms with van der Waals surface area (Å²) in [5.74, 6) is 0.424. The van der Waals surface area contributed by atoms with Crippen LogP contribution in [0.3, 0.4) is 0 Å². The minimum atomic E-state index is -0.323. The van der Waals surface area contributed by atoms with E-state index in [0.717, 1.165) is 16.8 Å². The first-order valence-electron chi connectivity index (χ1n) is 9.01. The van der Waals surface area contributed by atoms with Gasteiger partial charge in [0.1, 0.15) is 0 Å². The Morgan fingerprint density at radius 1 is 0.929 bits per heavy atom. The molecule has 4 rings (SSSR count). The first-order chi connectivity index (χ1) is 13.7. The van der Waals surface area contributed by atoms with E-state index < -0.39 is 0 Å². The van der Waals surface area contributed by atoms with Crippen LogP contribution in [0, 0.1) is 0 Å². The fourth-order valence-corrected chi connectivity index (χ4v) is 2.93. The largest absolute Gasteiger partial charge is 0.343 e. The van der Waals surface area contributed by atoms with Gasteiger partial charge in [0.15, 0.2) is 5.82 Å². The number of rotatable bonds is 5. The molecule has 28 heavy (non-hydrogen) atoms. The number of carbonyl (C=O) groups is 1. The van der Waals surface area contributed by atoms with Crippen LogP contribution < -0.4 is 5.32 Å². The molecule has 2 heterocycles. The van der Waals surface area contributed by atoms with Gasteiger partial charge in [-0.1, -0.05) is 48.5 Å². The Labute approximate surface area is 162 Å². The molecule has 0 aliphatic carbocycles. The molecule has 2 aromatic heterocycles. The molecule has 138 valence electrons. The van der Waals surface area contributed by atoms with Gasteiger partial charge in [0, 0.05) is 18.0 Å². The molecule has 0 bridgehead atoms. The maximum absolute atomic E-state index is 12.8. The summed E-state index contributed by atoms with van der Waals surface area (Å²) in [6.45, 7) is 1.92. The first-order valence-corrected chi connectivity index (χ1v) is 9.01. The van der Waals surface area contributed by atoms with E-state index in [-0.39, 0.29) is 17.8 Å². The molecule has 1 atom stereocenters. The molecule has 4 aromatic rings. The predicted octanol–water partition coefficient (Wildman–Crippen LogP) is 3.82. The third-order valence-corrected chi connectivity index (χ3v) is 4.40. The summed E-state index contributed by atoms with van der Waals surface area (Å²) in [5, 5.41) is 7.44. The number of para-hydroxylation sites is 1. The first kappa shape index (κ1) is 17.6. The predicted molar refractivity (Wildman–Crippen MR) is 107 cm³/mol. The molecular formula is C22H19N5O. The Morgan fingerprint density at radius 2 is 1.57 bits per heavy atom. The highest BCUT2D eigenvalue weighted by molar-refractivity contribution is 5.91. The fourth-order valence-electron chi connectivity index (χ4n) is 2.93. The number of nitrogens with one attached hydrogen (secondary N) is 1. The topological polar surface area (TPSA) is 72.7 Å². The van der Waals surface area contributed by atoms with Gasteiger partial charge in [-0.15, -0.1) is 5.10 Å². The standard InChI is InChI=1S/C22H19N5O/c1-16(17-12-14-23-15-13-17)24-22(28)20-25-21(18-8-4-2-5-9-18)27(26-20)19-10-6-3-7-11-19/h2-16H,1H3,(H,24,28). The maximum atomic E-state index is 12.8. The average molecular weight is 369 g/mol. The molecule has 0 saturated carbocycles. The number of benzene rings is 2. The van der Waals surface area contributed by atoms with E-state index in [0.29, 0.717) is 5.82 Å². The number of hydrogen-bond acceptors (Lipinski definition) is 4. The summed E-state index contributed by atoms with van der Waals surface area (Å²) >= 11 is 0. The van der Waals surface area contributed by atoms with Gasteiger partial charge in [-0.2, -0.15) is 0 Å². The van der Waals surface area contributed by atoms with Crippen molar-refractivity contribution in [3.05, 3.63) is 96.6 Å². The maximum Gasteiger partial charge on any atom is 0.291 e. The number of nitrogens with zero attached hydrogens (tertiary/aromatic N) is 4. The molecule has 0 radical (unpaired) electrons. The minimum absolute atomic E-state index is 0.128. The van der Waals surface area contributed by atoms with Crippen LogP contribution in [0.2, 0.25) is 0 Å². The molecule has 0 aliphatic heterocycles. The van der Waals surface area contributed by atoms with Gasteiger partial charge >= 0.3 is 0 Å². The molecule has 0 aliphatic rings. The lowest BCUT2D eigenvalue weighted by molar-refractivity contribution is 0.0929. The summed E-state index contributed by atoms with van der Waals surface area (Å²) in [6, 6.07) is 22.9. The van der Waals surface area contributed by atoms with Crippen LogP contribution in [-0.2, 0) is 0 Å². The SMILES string of the molecule is CC(NC(=O)c1nc(-c2ccccc2)n(-c2ccccc2)n1)c1ccncc1. The van der Waals surface area contributed by atoms with E-state index in [1.54, 1.807) is 17.1 Å². The molecule has 2 aromatic carbocycles. The Hall–Kier alpha value is -3.80. The Morgan fingerprint density at radius 3 is 2.25 bits per heavy atom. The van der Waals surface area contributed by atoms with Gasteiger partial charge in [-0.05, 0) is 36.8 Å². The van der Waals surface area contributed by atoms with E-state index in [1.807, 2.05) is 79.7 Å². The summed E-state index contributed by atoms with van der Waals surface area (Å²) in [7, 11) is 0. The zero-order chi connectivity index (χ0) is 19.3. The zero-order valence-electron chi connectivity index (χ0n) is 15.4. The van der Waals surface area contributed by atoms with Gasteiger partial charge in [0.2, 0.25) is 5.82 Å². The van der Waals surface area contributed by atoms with E-state index in [9.17, 15) is 4.79 Å². The van der Waals surface area contributed by atoms with Crippen LogP contribution in [0.4, 0.5) is 0 Å². The zero-order valence-corrected chi connectivity index (χ0v) is 15.4. The Kier molecular flexibility index (Phi) is 4.93. The summed E-state index contributed by atoms with van der Waals surface area (Å²) in [6.07, 6.45) is 3.40. The van der Waals surface area contributed by atoms with Gasteiger partial charge in [0.05, 0.1) is 11.7 Å². The van der Waals surface area contributed by atoms with Gasteiger partial charge in [0.25, 0.3) is 5.91 Å². The van der Waals surface area contributed by atoms with Crippen LogP contribution in [-0.4, -0.2) is 25.7 Å². The number of aromatic nitrogens is 4. The van der Waals surface area contributed by atoms with E-state index >= 15 is 0 Å². The molecule has 6 nitrogen and oxygen atoms in total. The lowest BCUT2D eigenvalue weighted by Crippen LogP contribution is -2.27. The summed E-state index contributed by atoms with van der Waals surface area (Å²) in [5.41, 5.74) is 2.70. The molecule has 0 saturated heterocycles. The van der Waals surface area contributed by atoms with Gasteiger partial charge in [-0.25, -0.2) is 9.67 Å². The van der Waals surface area contributed by atoms with Crippen LogP contribution in [0.25, 0.3) is 17.1 Å².